The summed E-state index contributed by atoms with van der Waals surface area (Å²) in [5, 5.41) is 10.6. The van der Waals surface area contributed by atoms with Gasteiger partial charge in [-0.15, -0.1) is 0 Å². The SMILES string of the molecule is C[C@@H]1C(=O)O[C@@H]2[C@H]1CC[C@H](C)[C@]13O[C@H]1C[C@@H](O)[C@@]23C. The summed E-state index contributed by atoms with van der Waals surface area (Å²) in [5.74, 6) is 0.513. The van der Waals surface area contributed by atoms with Crippen molar-refractivity contribution in [3.05, 3.63) is 0 Å². The Labute approximate surface area is 113 Å². The van der Waals surface area contributed by atoms with Crippen molar-refractivity contribution >= 4 is 5.97 Å². The van der Waals surface area contributed by atoms with Crippen molar-refractivity contribution < 1.29 is 19.4 Å². The molecule has 4 fully saturated rings. The van der Waals surface area contributed by atoms with Crippen molar-refractivity contribution in [1.82, 2.24) is 0 Å². The number of aliphatic hydroxyl groups excluding tert-OH is 1. The second-order valence-corrected chi connectivity index (χ2v) is 7.22. The third kappa shape index (κ3) is 1.13. The summed E-state index contributed by atoms with van der Waals surface area (Å²) in [6.45, 7) is 6.27. The molecular weight excluding hydrogens is 244 g/mol. The third-order valence-corrected chi connectivity index (χ3v) is 6.63. The fourth-order valence-corrected chi connectivity index (χ4v) is 5.36. The highest BCUT2D eigenvalue weighted by Crippen LogP contribution is 2.70. The van der Waals surface area contributed by atoms with Gasteiger partial charge in [-0.2, -0.15) is 0 Å². The molecule has 0 bridgehead atoms. The minimum atomic E-state index is -0.432. The van der Waals surface area contributed by atoms with E-state index >= 15 is 0 Å². The number of epoxide rings is 1. The van der Waals surface area contributed by atoms with Crippen molar-refractivity contribution in [2.24, 2.45) is 23.2 Å². The summed E-state index contributed by atoms with van der Waals surface area (Å²) < 4.78 is 11.7. The van der Waals surface area contributed by atoms with Crippen LogP contribution in [0.25, 0.3) is 0 Å². The Hall–Kier alpha value is -0.610. The molecule has 1 N–H and O–H groups in total. The van der Waals surface area contributed by atoms with E-state index in [0.717, 1.165) is 12.8 Å². The van der Waals surface area contributed by atoms with Gasteiger partial charge >= 0.3 is 5.97 Å². The lowest BCUT2D eigenvalue weighted by molar-refractivity contribution is -0.160. The molecule has 2 aliphatic heterocycles. The number of aliphatic hydroxyl groups is 1. The molecule has 2 saturated carbocycles. The van der Waals surface area contributed by atoms with E-state index in [4.69, 9.17) is 9.47 Å². The molecule has 0 amide bonds. The molecule has 4 nitrogen and oxygen atoms in total. The topological polar surface area (TPSA) is 59.1 Å². The fourth-order valence-electron chi connectivity index (χ4n) is 5.36. The number of rotatable bonds is 0. The van der Waals surface area contributed by atoms with Crippen LogP contribution in [0.5, 0.6) is 0 Å². The van der Waals surface area contributed by atoms with Crippen LogP contribution >= 0.6 is 0 Å². The fraction of sp³-hybridized carbons (Fsp3) is 0.933. The van der Waals surface area contributed by atoms with Gasteiger partial charge in [0.2, 0.25) is 0 Å². The molecule has 4 rings (SSSR count). The van der Waals surface area contributed by atoms with Crippen LogP contribution in [0.1, 0.15) is 40.0 Å². The van der Waals surface area contributed by atoms with E-state index in [9.17, 15) is 9.90 Å². The molecule has 8 atom stereocenters. The van der Waals surface area contributed by atoms with Gasteiger partial charge in [0, 0.05) is 12.3 Å². The van der Waals surface area contributed by atoms with E-state index < -0.39 is 11.5 Å². The molecule has 19 heavy (non-hydrogen) atoms. The average Bonchev–Trinajstić information content (AvgIpc) is 2.98. The molecule has 2 aliphatic carbocycles. The van der Waals surface area contributed by atoms with E-state index in [1.165, 1.54) is 0 Å². The smallest absolute Gasteiger partial charge is 0.309 e. The molecular formula is C15H22O4. The predicted molar refractivity (Wildman–Crippen MR) is 67.3 cm³/mol. The highest BCUT2D eigenvalue weighted by molar-refractivity contribution is 5.75. The summed E-state index contributed by atoms with van der Waals surface area (Å²) in [5.41, 5.74) is -0.686. The summed E-state index contributed by atoms with van der Waals surface area (Å²) in [6.07, 6.45) is 2.31. The van der Waals surface area contributed by atoms with Crippen LogP contribution in [0.3, 0.4) is 0 Å². The van der Waals surface area contributed by atoms with Gasteiger partial charge in [0.05, 0.1) is 23.5 Å². The number of esters is 1. The zero-order valence-corrected chi connectivity index (χ0v) is 11.8. The van der Waals surface area contributed by atoms with Crippen LogP contribution in [0.15, 0.2) is 0 Å². The molecule has 2 saturated heterocycles. The first-order chi connectivity index (χ1) is 8.93. The maximum atomic E-state index is 11.9. The van der Waals surface area contributed by atoms with Crippen LogP contribution in [0.4, 0.5) is 0 Å². The second kappa shape index (κ2) is 3.34. The van der Waals surface area contributed by atoms with Crippen LogP contribution in [-0.4, -0.2) is 35.0 Å². The molecule has 4 aliphatic rings. The van der Waals surface area contributed by atoms with E-state index in [-0.39, 0.29) is 35.6 Å². The van der Waals surface area contributed by atoms with Gasteiger partial charge in [0.25, 0.3) is 0 Å². The Balaban J connectivity index is 1.83. The Kier molecular flexibility index (Phi) is 2.14. The van der Waals surface area contributed by atoms with E-state index in [2.05, 4.69) is 13.8 Å². The lowest BCUT2D eigenvalue weighted by Crippen LogP contribution is -2.53. The first-order valence-corrected chi connectivity index (χ1v) is 7.49. The molecule has 4 heteroatoms. The molecule has 0 aromatic rings. The second-order valence-electron chi connectivity index (χ2n) is 7.22. The largest absolute Gasteiger partial charge is 0.461 e. The maximum Gasteiger partial charge on any atom is 0.309 e. The predicted octanol–water partition coefficient (Wildman–Crippen LogP) is 1.50. The minimum Gasteiger partial charge on any atom is -0.461 e. The highest BCUT2D eigenvalue weighted by atomic mass is 16.6. The number of carbonyl (C=O) groups excluding carboxylic acids is 1. The first kappa shape index (κ1) is 12.2. The Bertz CT molecular complexity index is 449. The summed E-state index contributed by atoms with van der Waals surface area (Å²) in [7, 11) is 0. The molecule has 0 aromatic heterocycles. The van der Waals surface area contributed by atoms with Gasteiger partial charge in [0.1, 0.15) is 11.7 Å². The molecule has 0 unspecified atom stereocenters. The zero-order valence-electron chi connectivity index (χ0n) is 11.8. The molecule has 106 valence electrons. The number of hydrogen-bond donors (Lipinski definition) is 1. The van der Waals surface area contributed by atoms with Gasteiger partial charge in [-0.05, 0) is 18.8 Å². The van der Waals surface area contributed by atoms with Crippen molar-refractivity contribution in [2.45, 2.75) is 63.9 Å². The molecule has 0 aromatic carbocycles. The van der Waals surface area contributed by atoms with Gasteiger partial charge in [-0.1, -0.05) is 20.8 Å². The van der Waals surface area contributed by atoms with Gasteiger partial charge in [0.15, 0.2) is 0 Å². The lowest BCUT2D eigenvalue weighted by Gasteiger charge is -2.42. The normalized spacial score (nSPS) is 62.8. The highest BCUT2D eigenvalue weighted by Gasteiger charge is 2.81. The average molecular weight is 266 g/mol. The minimum absolute atomic E-state index is 0.0471. The van der Waals surface area contributed by atoms with Crippen LogP contribution in [0, 0.1) is 23.2 Å². The van der Waals surface area contributed by atoms with Gasteiger partial charge in [-0.25, -0.2) is 0 Å². The monoisotopic (exact) mass is 266 g/mol. The van der Waals surface area contributed by atoms with Crippen molar-refractivity contribution in [3.63, 3.8) is 0 Å². The molecule has 1 spiro atoms. The standard InChI is InChI=1S/C15H22O4/c1-7-4-5-9-8(2)13(17)18-12(9)14(3)10(16)6-11-15(7,14)19-11/h7-12,16H,4-6H2,1-3H3/t7-,8-,9-,10+,11-,12+,14-,15-/m0/s1. The number of carbonyl (C=O) groups is 1. The van der Waals surface area contributed by atoms with Crippen LogP contribution in [0.2, 0.25) is 0 Å². The van der Waals surface area contributed by atoms with Gasteiger partial charge < -0.3 is 14.6 Å². The van der Waals surface area contributed by atoms with E-state index in [1.807, 2.05) is 6.92 Å². The van der Waals surface area contributed by atoms with Crippen molar-refractivity contribution in [3.8, 4) is 0 Å². The molecule has 2 heterocycles. The number of fused-ring (bicyclic) bond motifs is 2. The molecule has 0 radical (unpaired) electrons. The lowest BCUT2D eigenvalue weighted by atomic mass is 9.66. The van der Waals surface area contributed by atoms with E-state index in [1.54, 1.807) is 0 Å². The van der Waals surface area contributed by atoms with E-state index in [0.29, 0.717) is 12.3 Å². The Morgan fingerprint density at radius 1 is 1.32 bits per heavy atom. The summed E-state index contributed by atoms with van der Waals surface area (Å²) in [6, 6.07) is 0. The summed E-state index contributed by atoms with van der Waals surface area (Å²) in [4.78, 5) is 11.9. The Morgan fingerprint density at radius 3 is 2.79 bits per heavy atom. The summed E-state index contributed by atoms with van der Waals surface area (Å²) >= 11 is 0. The van der Waals surface area contributed by atoms with Crippen LogP contribution in [-0.2, 0) is 14.3 Å². The van der Waals surface area contributed by atoms with Crippen molar-refractivity contribution in [1.29, 1.82) is 0 Å². The first-order valence-electron chi connectivity index (χ1n) is 7.49. The Morgan fingerprint density at radius 2 is 2.05 bits per heavy atom. The van der Waals surface area contributed by atoms with Gasteiger partial charge in [-0.3, -0.25) is 4.79 Å². The van der Waals surface area contributed by atoms with Crippen LogP contribution < -0.4 is 0 Å². The third-order valence-electron chi connectivity index (χ3n) is 6.63. The number of ether oxygens (including phenoxy) is 2. The van der Waals surface area contributed by atoms with Crippen molar-refractivity contribution in [2.75, 3.05) is 0 Å². The quantitative estimate of drug-likeness (QED) is 0.533. The maximum absolute atomic E-state index is 11.9. The zero-order chi connectivity index (χ0) is 13.6. The number of hydrogen-bond acceptors (Lipinski definition) is 4.